The van der Waals surface area contributed by atoms with Crippen molar-refractivity contribution in [2.75, 3.05) is 0 Å². The van der Waals surface area contributed by atoms with Gasteiger partial charge in [-0.2, -0.15) is 0 Å². The maximum atomic E-state index is 9.18. The Kier molecular flexibility index (Phi) is 2.00. The second-order valence-electron chi connectivity index (χ2n) is 2.39. The lowest BCUT2D eigenvalue weighted by Crippen LogP contribution is -1.79. The van der Waals surface area contributed by atoms with Gasteiger partial charge in [0.2, 0.25) is 0 Å². The molecule has 0 radical (unpaired) electrons. The molecule has 1 aromatic rings. The minimum Gasteiger partial charge on any atom is -0.507 e. The zero-order valence-corrected chi connectivity index (χ0v) is 7.57. The first-order valence-electron chi connectivity index (χ1n) is 3.07. The van der Waals surface area contributed by atoms with E-state index < -0.39 is 0 Å². The van der Waals surface area contributed by atoms with E-state index in [-0.39, 0.29) is 0 Å². The van der Waals surface area contributed by atoms with Crippen LogP contribution < -0.4 is 0 Å². The van der Waals surface area contributed by atoms with Crippen LogP contribution in [0.3, 0.4) is 0 Å². The molecule has 0 saturated carbocycles. The van der Waals surface area contributed by atoms with Crippen molar-refractivity contribution in [3.05, 3.63) is 27.7 Å². The molecule has 1 aromatic carbocycles. The van der Waals surface area contributed by atoms with Gasteiger partial charge in [-0.3, -0.25) is 0 Å². The number of benzene rings is 1. The number of aryl methyl sites for hydroxylation is 2. The van der Waals surface area contributed by atoms with Crippen LogP contribution in [0.15, 0.2) is 16.6 Å². The predicted octanol–water partition coefficient (Wildman–Crippen LogP) is 2.77. The van der Waals surface area contributed by atoms with Gasteiger partial charge in [0.1, 0.15) is 5.75 Å². The van der Waals surface area contributed by atoms with E-state index in [2.05, 4.69) is 15.9 Å². The molecule has 0 amide bonds. The Morgan fingerprint density at radius 3 is 2.20 bits per heavy atom. The molecule has 0 aromatic heterocycles. The monoisotopic (exact) mass is 200 g/mol. The van der Waals surface area contributed by atoms with Crippen LogP contribution >= 0.6 is 15.9 Å². The fraction of sp³-hybridized carbons (Fsp3) is 0.250. The van der Waals surface area contributed by atoms with Gasteiger partial charge in [0.25, 0.3) is 0 Å². The van der Waals surface area contributed by atoms with E-state index in [0.717, 1.165) is 10.0 Å². The SMILES string of the molecule is Cc1cc(O)c(Br)cc1C. The molecule has 2 heteroatoms. The maximum Gasteiger partial charge on any atom is 0.130 e. The normalized spacial score (nSPS) is 9.90. The van der Waals surface area contributed by atoms with Crippen molar-refractivity contribution in [3.8, 4) is 5.75 Å². The first-order chi connectivity index (χ1) is 4.61. The Balaban J connectivity index is 3.28. The maximum absolute atomic E-state index is 9.18. The minimum atomic E-state index is 0.308. The van der Waals surface area contributed by atoms with E-state index in [9.17, 15) is 5.11 Å². The van der Waals surface area contributed by atoms with Gasteiger partial charge in [-0.25, -0.2) is 0 Å². The van der Waals surface area contributed by atoms with Gasteiger partial charge in [0.15, 0.2) is 0 Å². The molecule has 1 rings (SSSR count). The number of hydrogen-bond donors (Lipinski definition) is 1. The Morgan fingerprint density at radius 1 is 1.20 bits per heavy atom. The number of rotatable bonds is 0. The van der Waals surface area contributed by atoms with Gasteiger partial charge in [-0.15, -0.1) is 0 Å². The summed E-state index contributed by atoms with van der Waals surface area (Å²) in [5, 5.41) is 9.18. The highest BCUT2D eigenvalue weighted by molar-refractivity contribution is 9.10. The van der Waals surface area contributed by atoms with E-state index in [1.165, 1.54) is 5.56 Å². The summed E-state index contributed by atoms with van der Waals surface area (Å²) in [5.74, 6) is 0.308. The largest absolute Gasteiger partial charge is 0.507 e. The predicted molar refractivity (Wildman–Crippen MR) is 45.3 cm³/mol. The van der Waals surface area contributed by atoms with Crippen LogP contribution in [0.1, 0.15) is 11.1 Å². The van der Waals surface area contributed by atoms with Crippen molar-refractivity contribution in [2.24, 2.45) is 0 Å². The third kappa shape index (κ3) is 1.32. The molecule has 0 atom stereocenters. The Bertz CT molecular complexity index is 205. The number of halogens is 1. The van der Waals surface area contributed by atoms with Crippen molar-refractivity contribution in [1.82, 2.24) is 0 Å². The highest BCUT2D eigenvalue weighted by Crippen LogP contribution is 2.26. The van der Waals surface area contributed by atoms with Crippen LogP contribution in [0, 0.1) is 13.8 Å². The van der Waals surface area contributed by atoms with E-state index in [0.29, 0.717) is 5.75 Å². The minimum absolute atomic E-state index is 0.308. The number of phenolic OH excluding ortho intramolecular Hbond substituents is 1. The van der Waals surface area contributed by atoms with Crippen molar-refractivity contribution < 1.29 is 5.11 Å². The van der Waals surface area contributed by atoms with E-state index >= 15 is 0 Å². The van der Waals surface area contributed by atoms with Gasteiger partial charge in [-0.05, 0) is 53.0 Å². The third-order valence-electron chi connectivity index (χ3n) is 1.56. The summed E-state index contributed by atoms with van der Waals surface area (Å²) in [6, 6.07) is 3.66. The van der Waals surface area contributed by atoms with Crippen molar-refractivity contribution in [2.45, 2.75) is 13.8 Å². The van der Waals surface area contributed by atoms with Crippen molar-refractivity contribution in [3.63, 3.8) is 0 Å². The summed E-state index contributed by atoms with van der Waals surface area (Å²) in [4.78, 5) is 0. The summed E-state index contributed by atoms with van der Waals surface area (Å²) in [6.45, 7) is 3.99. The van der Waals surface area contributed by atoms with Gasteiger partial charge in [-0.1, -0.05) is 0 Å². The Hall–Kier alpha value is -0.500. The molecule has 0 aliphatic rings. The van der Waals surface area contributed by atoms with Crippen LogP contribution in [0.2, 0.25) is 0 Å². The first-order valence-corrected chi connectivity index (χ1v) is 3.86. The Morgan fingerprint density at radius 2 is 1.70 bits per heavy atom. The molecular weight excluding hydrogens is 192 g/mol. The van der Waals surface area contributed by atoms with Crippen LogP contribution in [0.25, 0.3) is 0 Å². The molecule has 0 heterocycles. The molecule has 54 valence electrons. The van der Waals surface area contributed by atoms with Crippen LogP contribution in [-0.2, 0) is 0 Å². The molecule has 10 heavy (non-hydrogen) atoms. The highest BCUT2D eigenvalue weighted by Gasteiger charge is 1.99. The highest BCUT2D eigenvalue weighted by atomic mass is 79.9. The molecule has 0 spiro atoms. The number of phenols is 1. The molecule has 0 fully saturated rings. The first kappa shape index (κ1) is 7.61. The molecule has 0 aliphatic heterocycles. The van der Waals surface area contributed by atoms with Crippen LogP contribution in [0.4, 0.5) is 0 Å². The Labute approximate surface area is 68.8 Å². The lowest BCUT2D eigenvalue weighted by Gasteiger charge is -2.01. The molecule has 0 aliphatic carbocycles. The summed E-state index contributed by atoms with van der Waals surface area (Å²) in [6.07, 6.45) is 0. The summed E-state index contributed by atoms with van der Waals surface area (Å²) >= 11 is 3.23. The fourth-order valence-corrected chi connectivity index (χ4v) is 1.22. The zero-order chi connectivity index (χ0) is 7.72. The summed E-state index contributed by atoms with van der Waals surface area (Å²) < 4.78 is 0.760. The molecule has 0 saturated heterocycles. The van der Waals surface area contributed by atoms with Gasteiger partial charge >= 0.3 is 0 Å². The summed E-state index contributed by atoms with van der Waals surface area (Å²) in [5.41, 5.74) is 2.30. The molecule has 1 nitrogen and oxygen atoms in total. The van der Waals surface area contributed by atoms with Crippen molar-refractivity contribution in [1.29, 1.82) is 0 Å². The van der Waals surface area contributed by atoms with E-state index in [1.807, 2.05) is 19.9 Å². The van der Waals surface area contributed by atoms with E-state index in [4.69, 9.17) is 0 Å². The van der Waals surface area contributed by atoms with Crippen molar-refractivity contribution >= 4 is 15.9 Å². The van der Waals surface area contributed by atoms with Gasteiger partial charge < -0.3 is 5.11 Å². The average Bonchev–Trinajstić information content (AvgIpc) is 1.84. The smallest absolute Gasteiger partial charge is 0.130 e. The fourth-order valence-electron chi connectivity index (χ4n) is 0.766. The topological polar surface area (TPSA) is 20.2 Å². The second-order valence-corrected chi connectivity index (χ2v) is 3.24. The summed E-state index contributed by atoms with van der Waals surface area (Å²) in [7, 11) is 0. The standard InChI is InChI=1S/C8H9BrO/c1-5-3-7(9)8(10)4-6(5)2/h3-4,10H,1-2H3. The quantitative estimate of drug-likeness (QED) is 0.684. The number of hydrogen-bond acceptors (Lipinski definition) is 1. The lowest BCUT2D eigenvalue weighted by molar-refractivity contribution is 0.471. The third-order valence-corrected chi connectivity index (χ3v) is 2.20. The average molecular weight is 201 g/mol. The van der Waals surface area contributed by atoms with Gasteiger partial charge in [0.05, 0.1) is 4.47 Å². The van der Waals surface area contributed by atoms with Crippen LogP contribution in [-0.4, -0.2) is 5.11 Å². The molecule has 0 unspecified atom stereocenters. The number of aromatic hydroxyl groups is 1. The molecule has 0 bridgehead atoms. The lowest BCUT2D eigenvalue weighted by atomic mass is 10.1. The van der Waals surface area contributed by atoms with E-state index in [1.54, 1.807) is 6.07 Å². The molecule has 1 N–H and O–H groups in total. The molecular formula is C8H9BrO. The van der Waals surface area contributed by atoms with Gasteiger partial charge in [0, 0.05) is 0 Å². The second kappa shape index (κ2) is 2.62. The van der Waals surface area contributed by atoms with Crippen LogP contribution in [0.5, 0.6) is 5.75 Å². The zero-order valence-electron chi connectivity index (χ0n) is 5.98.